The van der Waals surface area contributed by atoms with Gasteiger partial charge in [0.05, 0.1) is 6.07 Å². The number of hydrogen-bond donors (Lipinski definition) is 2. The maximum atomic E-state index is 12.4. The zero-order valence-corrected chi connectivity index (χ0v) is 15.1. The van der Waals surface area contributed by atoms with Crippen molar-refractivity contribution >= 4 is 5.91 Å². The number of amides is 1. The molecule has 0 spiro atoms. The summed E-state index contributed by atoms with van der Waals surface area (Å²) in [7, 11) is 0. The molecule has 4 heteroatoms. The highest BCUT2D eigenvalue weighted by atomic mass is 16.2. The van der Waals surface area contributed by atoms with E-state index in [1.807, 2.05) is 55.6 Å². The fourth-order valence-electron chi connectivity index (χ4n) is 2.65. The maximum Gasteiger partial charge on any atom is 0.276 e. The Labute approximate surface area is 149 Å². The lowest BCUT2D eigenvalue weighted by Crippen LogP contribution is -2.88. The van der Waals surface area contributed by atoms with Gasteiger partial charge in [0.25, 0.3) is 5.91 Å². The Bertz CT molecular complexity index is 682. The lowest BCUT2D eigenvalue weighted by atomic mass is 9.90. The van der Waals surface area contributed by atoms with Crippen molar-refractivity contribution in [3.05, 3.63) is 71.8 Å². The topological polar surface area (TPSA) is 69.5 Å². The average Bonchev–Trinajstić information content (AvgIpc) is 2.63. The number of quaternary nitrogens is 1. The van der Waals surface area contributed by atoms with Crippen molar-refractivity contribution < 1.29 is 10.1 Å². The van der Waals surface area contributed by atoms with Crippen LogP contribution in [0.3, 0.4) is 0 Å². The second kappa shape index (κ2) is 8.46. The summed E-state index contributed by atoms with van der Waals surface area (Å²) in [5, 5.41) is 14.2. The lowest BCUT2D eigenvalue weighted by Gasteiger charge is -2.27. The molecule has 0 fully saturated rings. The van der Waals surface area contributed by atoms with Crippen LogP contribution in [0.2, 0.25) is 0 Å². The zero-order valence-electron chi connectivity index (χ0n) is 15.1. The number of nitrogens with one attached hydrogen (secondary N) is 1. The first-order valence-electron chi connectivity index (χ1n) is 8.61. The molecule has 0 heterocycles. The van der Waals surface area contributed by atoms with E-state index in [-0.39, 0.29) is 24.4 Å². The van der Waals surface area contributed by atoms with Crippen molar-refractivity contribution in [1.29, 1.82) is 5.26 Å². The Kier molecular flexibility index (Phi) is 6.32. The molecule has 0 aromatic heterocycles. The zero-order chi connectivity index (χ0) is 18.3. The second-order valence-electron chi connectivity index (χ2n) is 6.76. The van der Waals surface area contributed by atoms with Crippen LogP contribution >= 0.6 is 0 Å². The summed E-state index contributed by atoms with van der Waals surface area (Å²) in [5.41, 5.74) is 1.45. The van der Waals surface area contributed by atoms with E-state index >= 15 is 0 Å². The summed E-state index contributed by atoms with van der Waals surface area (Å²) >= 11 is 0. The van der Waals surface area contributed by atoms with Gasteiger partial charge in [-0.05, 0) is 12.8 Å². The van der Waals surface area contributed by atoms with Crippen molar-refractivity contribution in [2.24, 2.45) is 5.92 Å². The molecule has 3 N–H and O–H groups in total. The van der Waals surface area contributed by atoms with Crippen molar-refractivity contribution in [2.45, 2.75) is 32.4 Å². The van der Waals surface area contributed by atoms with Crippen LogP contribution in [0.5, 0.6) is 0 Å². The molecule has 2 aromatic carbocycles. The first-order chi connectivity index (χ1) is 12.0. The molecular weight excluding hydrogens is 310 g/mol. The van der Waals surface area contributed by atoms with Gasteiger partial charge in [-0.25, -0.2) is 0 Å². The van der Waals surface area contributed by atoms with Crippen LogP contribution in [-0.4, -0.2) is 18.0 Å². The number of carbonyl (C=O) groups is 1. The van der Waals surface area contributed by atoms with Crippen LogP contribution in [-0.2, 0) is 4.79 Å². The first kappa shape index (κ1) is 18.7. The van der Waals surface area contributed by atoms with E-state index in [1.165, 1.54) is 0 Å². The molecule has 0 unspecified atom stereocenters. The van der Waals surface area contributed by atoms with Gasteiger partial charge in [-0.3, -0.25) is 4.79 Å². The van der Waals surface area contributed by atoms with Gasteiger partial charge in [0.1, 0.15) is 11.6 Å². The quantitative estimate of drug-likeness (QED) is 0.815. The third-order valence-electron chi connectivity index (χ3n) is 4.64. The number of nitrogens with zero attached hydrogens (tertiary/aromatic N) is 1. The molecule has 4 nitrogen and oxygen atoms in total. The molecule has 0 aliphatic rings. The van der Waals surface area contributed by atoms with Crippen molar-refractivity contribution in [3.8, 4) is 6.07 Å². The van der Waals surface area contributed by atoms with Crippen molar-refractivity contribution in [1.82, 2.24) is 5.32 Å². The molecular formula is C21H26N3O+. The summed E-state index contributed by atoms with van der Waals surface area (Å²) in [6, 6.07) is 22.5. The van der Waals surface area contributed by atoms with Gasteiger partial charge in [0.2, 0.25) is 0 Å². The monoisotopic (exact) mass is 336 g/mol. The summed E-state index contributed by atoms with van der Waals surface area (Å²) in [6.07, 6.45) is 0. The molecule has 1 amide bonds. The van der Waals surface area contributed by atoms with Gasteiger partial charge >= 0.3 is 0 Å². The predicted molar refractivity (Wildman–Crippen MR) is 98.5 cm³/mol. The molecule has 2 aromatic rings. The minimum Gasteiger partial charge on any atom is -0.333 e. The molecule has 0 saturated carbocycles. The molecule has 0 radical (unpaired) electrons. The third kappa shape index (κ3) is 4.91. The van der Waals surface area contributed by atoms with Crippen molar-refractivity contribution in [2.75, 3.05) is 6.54 Å². The molecule has 25 heavy (non-hydrogen) atoms. The number of nitriles is 1. The summed E-state index contributed by atoms with van der Waals surface area (Å²) < 4.78 is 0. The van der Waals surface area contributed by atoms with Gasteiger partial charge < -0.3 is 10.6 Å². The largest absolute Gasteiger partial charge is 0.333 e. The van der Waals surface area contributed by atoms with E-state index in [0.29, 0.717) is 0 Å². The number of nitrogens with two attached hydrogens (primary N) is 1. The van der Waals surface area contributed by atoms with E-state index in [4.69, 9.17) is 0 Å². The maximum absolute atomic E-state index is 12.4. The predicted octanol–water partition coefficient (Wildman–Crippen LogP) is 2.39. The molecule has 130 valence electrons. The Hall–Kier alpha value is -2.64. The van der Waals surface area contributed by atoms with Crippen LogP contribution in [0, 0.1) is 17.2 Å². The summed E-state index contributed by atoms with van der Waals surface area (Å²) in [4.78, 5) is 12.4. The highest BCUT2D eigenvalue weighted by Crippen LogP contribution is 2.18. The Balaban J connectivity index is 2.11. The first-order valence-corrected chi connectivity index (χ1v) is 8.61. The Morgan fingerprint density at radius 2 is 1.56 bits per heavy atom. The van der Waals surface area contributed by atoms with E-state index in [0.717, 1.165) is 11.1 Å². The fourth-order valence-corrected chi connectivity index (χ4v) is 2.65. The van der Waals surface area contributed by atoms with Gasteiger partial charge in [-0.2, -0.15) is 5.26 Å². The molecule has 0 bridgehead atoms. The highest BCUT2D eigenvalue weighted by molar-refractivity contribution is 5.78. The van der Waals surface area contributed by atoms with Gasteiger partial charge in [0.15, 0.2) is 6.54 Å². The van der Waals surface area contributed by atoms with E-state index in [2.05, 4.69) is 35.7 Å². The average molecular weight is 336 g/mol. The number of rotatable bonds is 7. The SMILES string of the molecule is CC(C)[C@@](C)(C#N)NC(=O)C[NH2+]C(c1ccccc1)c1ccccc1. The van der Waals surface area contributed by atoms with Crippen LogP contribution in [0.1, 0.15) is 37.9 Å². The molecule has 2 rings (SSSR count). The van der Waals surface area contributed by atoms with Crippen LogP contribution in [0.4, 0.5) is 0 Å². The fraction of sp³-hybridized carbons (Fsp3) is 0.333. The lowest BCUT2D eigenvalue weighted by molar-refractivity contribution is -0.676. The normalized spacial score (nSPS) is 13.3. The van der Waals surface area contributed by atoms with Crippen molar-refractivity contribution in [3.63, 3.8) is 0 Å². The number of hydrogen-bond acceptors (Lipinski definition) is 2. The second-order valence-corrected chi connectivity index (χ2v) is 6.76. The van der Waals surface area contributed by atoms with Gasteiger partial charge in [0, 0.05) is 11.1 Å². The summed E-state index contributed by atoms with van der Waals surface area (Å²) in [6.45, 7) is 5.90. The Morgan fingerprint density at radius 3 is 1.96 bits per heavy atom. The number of carbonyl (C=O) groups excluding carboxylic acids is 1. The van der Waals surface area contributed by atoms with Gasteiger partial charge in [-0.15, -0.1) is 0 Å². The molecule has 0 aliphatic heterocycles. The summed E-state index contributed by atoms with van der Waals surface area (Å²) in [5.74, 6) is -0.0879. The number of benzene rings is 2. The van der Waals surface area contributed by atoms with Crippen LogP contribution in [0.15, 0.2) is 60.7 Å². The third-order valence-corrected chi connectivity index (χ3v) is 4.64. The minimum absolute atomic E-state index is 0.0421. The molecule has 0 aliphatic carbocycles. The van der Waals surface area contributed by atoms with Crippen LogP contribution < -0.4 is 10.6 Å². The van der Waals surface area contributed by atoms with Crippen LogP contribution in [0.25, 0.3) is 0 Å². The Morgan fingerprint density at radius 1 is 1.08 bits per heavy atom. The van der Waals surface area contributed by atoms with E-state index < -0.39 is 5.54 Å². The van der Waals surface area contributed by atoms with Gasteiger partial charge in [-0.1, -0.05) is 74.5 Å². The minimum atomic E-state index is -0.847. The smallest absolute Gasteiger partial charge is 0.276 e. The van der Waals surface area contributed by atoms with E-state index in [1.54, 1.807) is 6.92 Å². The molecule has 0 saturated heterocycles. The highest BCUT2D eigenvalue weighted by Gasteiger charge is 2.30. The molecule has 1 atom stereocenters. The standard InChI is InChI=1S/C21H25N3O/c1-16(2)21(3,15-22)24-19(25)14-23-20(17-10-6-4-7-11-17)18-12-8-5-9-13-18/h4-13,16,20,23H,14H2,1-3H3,(H,24,25)/p+1/t21-/m1/s1. The van der Waals surface area contributed by atoms with E-state index in [9.17, 15) is 10.1 Å².